The van der Waals surface area contributed by atoms with Gasteiger partial charge in [-0.05, 0) is 24.4 Å². The molecule has 1 amide bonds. The van der Waals surface area contributed by atoms with Gasteiger partial charge in [0.15, 0.2) is 0 Å². The lowest BCUT2D eigenvalue weighted by Gasteiger charge is -2.17. The average molecular weight is 331 g/mol. The Bertz CT molecular complexity index is 709. The maximum atomic E-state index is 12.5. The number of nitrogens with zero attached hydrogens (tertiary/aromatic N) is 1. The molecule has 1 heterocycles. The van der Waals surface area contributed by atoms with Crippen LogP contribution < -0.4 is 0 Å². The molecule has 0 aliphatic rings. The number of ether oxygens (including phenoxy) is 1. The summed E-state index contributed by atoms with van der Waals surface area (Å²) in [4.78, 5) is 38.4. The van der Waals surface area contributed by atoms with Crippen molar-refractivity contribution in [3.63, 3.8) is 0 Å². The van der Waals surface area contributed by atoms with Crippen molar-refractivity contribution >= 4 is 29.0 Å². The summed E-state index contributed by atoms with van der Waals surface area (Å²) in [6, 6.07) is 10.1. The van der Waals surface area contributed by atoms with Crippen molar-refractivity contribution in [2.45, 2.75) is 6.92 Å². The molecular formula is C17H17NO4S. The van der Waals surface area contributed by atoms with E-state index in [1.807, 2.05) is 5.38 Å². The molecule has 120 valence electrons. The largest absolute Gasteiger partial charge is 0.465 e. The fourth-order valence-corrected chi connectivity index (χ4v) is 2.76. The van der Waals surface area contributed by atoms with Crippen LogP contribution in [-0.4, -0.2) is 42.8 Å². The first-order valence-electron chi connectivity index (χ1n) is 7.13. The minimum absolute atomic E-state index is 0.159. The van der Waals surface area contributed by atoms with Crippen LogP contribution in [0.3, 0.4) is 0 Å². The summed E-state index contributed by atoms with van der Waals surface area (Å²) in [5, 5.41) is 1.81. The second-order valence-electron chi connectivity index (χ2n) is 4.82. The maximum Gasteiger partial charge on any atom is 0.325 e. The number of benzene rings is 1. The SMILES string of the molecule is CCOC(=O)CN(C)C(=O)c1ccccc1C(=O)c1cccs1. The van der Waals surface area contributed by atoms with E-state index in [-0.39, 0.29) is 24.5 Å². The molecule has 2 rings (SSSR count). The standard InChI is InChI=1S/C17H17NO4S/c1-3-22-15(19)11-18(2)17(21)13-8-5-4-7-12(13)16(20)14-9-6-10-23-14/h4-10H,3,11H2,1-2H3. The van der Waals surface area contributed by atoms with Gasteiger partial charge >= 0.3 is 5.97 Å². The molecular weight excluding hydrogens is 314 g/mol. The van der Waals surface area contributed by atoms with Crippen LogP contribution in [-0.2, 0) is 9.53 Å². The number of hydrogen-bond donors (Lipinski definition) is 0. The quantitative estimate of drug-likeness (QED) is 0.603. The zero-order chi connectivity index (χ0) is 16.8. The minimum Gasteiger partial charge on any atom is -0.465 e. The third kappa shape index (κ3) is 4.04. The number of ketones is 1. The van der Waals surface area contributed by atoms with E-state index in [0.29, 0.717) is 10.4 Å². The average Bonchev–Trinajstić information content (AvgIpc) is 3.08. The van der Waals surface area contributed by atoms with Crippen molar-refractivity contribution in [2.75, 3.05) is 20.2 Å². The summed E-state index contributed by atoms with van der Waals surface area (Å²) in [5.74, 6) is -1.07. The van der Waals surface area contributed by atoms with Crippen LogP contribution in [0.1, 0.15) is 32.5 Å². The van der Waals surface area contributed by atoms with Crippen LogP contribution in [0.15, 0.2) is 41.8 Å². The Labute approximate surface area is 138 Å². The van der Waals surface area contributed by atoms with E-state index in [2.05, 4.69) is 0 Å². The lowest BCUT2D eigenvalue weighted by Crippen LogP contribution is -2.34. The molecule has 0 N–H and O–H groups in total. The van der Waals surface area contributed by atoms with Crippen molar-refractivity contribution in [3.05, 3.63) is 57.8 Å². The molecule has 1 aromatic carbocycles. The number of hydrogen-bond acceptors (Lipinski definition) is 5. The van der Waals surface area contributed by atoms with Crippen LogP contribution in [0, 0.1) is 0 Å². The second kappa shape index (κ2) is 7.69. The summed E-state index contributed by atoms with van der Waals surface area (Å²) in [7, 11) is 1.51. The predicted octanol–water partition coefficient (Wildman–Crippen LogP) is 2.61. The van der Waals surface area contributed by atoms with Crippen molar-refractivity contribution in [1.82, 2.24) is 4.90 Å². The zero-order valence-electron chi connectivity index (χ0n) is 12.9. The Hall–Kier alpha value is -2.47. The van der Waals surface area contributed by atoms with Crippen LogP contribution >= 0.6 is 11.3 Å². The van der Waals surface area contributed by atoms with Gasteiger partial charge in [0.1, 0.15) is 6.54 Å². The topological polar surface area (TPSA) is 63.7 Å². The lowest BCUT2D eigenvalue weighted by molar-refractivity contribution is -0.143. The Kier molecular flexibility index (Phi) is 5.65. The molecule has 0 radical (unpaired) electrons. The summed E-state index contributed by atoms with van der Waals surface area (Å²) < 4.78 is 4.84. The van der Waals surface area contributed by atoms with Gasteiger partial charge in [0.25, 0.3) is 5.91 Å². The summed E-state index contributed by atoms with van der Waals surface area (Å²) in [6.45, 7) is 1.80. The molecule has 0 unspecified atom stereocenters. The van der Waals surface area contributed by atoms with Gasteiger partial charge in [-0.25, -0.2) is 0 Å². The highest BCUT2D eigenvalue weighted by Gasteiger charge is 2.22. The Morgan fingerprint density at radius 3 is 2.39 bits per heavy atom. The second-order valence-corrected chi connectivity index (χ2v) is 5.77. The molecule has 1 aromatic heterocycles. The van der Waals surface area contributed by atoms with E-state index in [1.54, 1.807) is 43.3 Å². The normalized spacial score (nSPS) is 10.2. The molecule has 0 aliphatic carbocycles. The first-order chi connectivity index (χ1) is 11.0. The maximum absolute atomic E-state index is 12.5. The molecule has 2 aromatic rings. The number of rotatable bonds is 6. The molecule has 0 saturated carbocycles. The van der Waals surface area contributed by atoms with Crippen LogP contribution in [0.4, 0.5) is 0 Å². The van der Waals surface area contributed by atoms with Crippen molar-refractivity contribution in [1.29, 1.82) is 0 Å². The van der Waals surface area contributed by atoms with Crippen molar-refractivity contribution in [2.24, 2.45) is 0 Å². The molecule has 0 fully saturated rings. The molecule has 23 heavy (non-hydrogen) atoms. The number of carbonyl (C=O) groups excluding carboxylic acids is 3. The van der Waals surface area contributed by atoms with Crippen molar-refractivity contribution < 1.29 is 19.1 Å². The molecule has 0 bridgehead atoms. The van der Waals surface area contributed by atoms with Gasteiger partial charge in [0.2, 0.25) is 5.78 Å². The van der Waals surface area contributed by atoms with Gasteiger partial charge in [-0.2, -0.15) is 0 Å². The van der Waals surface area contributed by atoms with E-state index in [9.17, 15) is 14.4 Å². The lowest BCUT2D eigenvalue weighted by atomic mass is 10.0. The fraction of sp³-hybridized carbons (Fsp3) is 0.235. The molecule has 6 heteroatoms. The van der Waals surface area contributed by atoms with Crippen LogP contribution in [0.25, 0.3) is 0 Å². The van der Waals surface area contributed by atoms with E-state index in [1.165, 1.54) is 23.3 Å². The fourth-order valence-electron chi connectivity index (χ4n) is 2.09. The summed E-state index contributed by atoms with van der Waals surface area (Å²) >= 11 is 1.32. The van der Waals surface area contributed by atoms with Crippen LogP contribution in [0.2, 0.25) is 0 Å². The number of esters is 1. The van der Waals surface area contributed by atoms with Gasteiger partial charge in [-0.15, -0.1) is 11.3 Å². The highest BCUT2D eigenvalue weighted by atomic mass is 32.1. The minimum atomic E-state index is -0.481. The van der Waals surface area contributed by atoms with Gasteiger partial charge in [-0.1, -0.05) is 24.3 Å². The van der Waals surface area contributed by atoms with E-state index in [0.717, 1.165) is 0 Å². The number of amides is 1. The first kappa shape index (κ1) is 16.9. The van der Waals surface area contributed by atoms with Gasteiger partial charge < -0.3 is 9.64 Å². The Morgan fingerprint density at radius 1 is 1.09 bits per heavy atom. The van der Waals surface area contributed by atoms with Gasteiger partial charge in [-0.3, -0.25) is 14.4 Å². The highest BCUT2D eigenvalue weighted by molar-refractivity contribution is 7.12. The zero-order valence-corrected chi connectivity index (χ0v) is 13.8. The van der Waals surface area contributed by atoms with Gasteiger partial charge in [0, 0.05) is 12.6 Å². The van der Waals surface area contributed by atoms with E-state index in [4.69, 9.17) is 4.74 Å². The Morgan fingerprint density at radius 2 is 1.78 bits per heavy atom. The Balaban J connectivity index is 2.24. The van der Waals surface area contributed by atoms with Gasteiger partial charge in [0.05, 0.1) is 17.0 Å². The first-order valence-corrected chi connectivity index (χ1v) is 8.01. The number of thiophene rings is 1. The molecule has 5 nitrogen and oxygen atoms in total. The molecule has 0 spiro atoms. The highest BCUT2D eigenvalue weighted by Crippen LogP contribution is 2.19. The van der Waals surface area contributed by atoms with E-state index >= 15 is 0 Å². The molecule has 0 atom stereocenters. The summed E-state index contributed by atoms with van der Waals surface area (Å²) in [5.41, 5.74) is 0.605. The summed E-state index contributed by atoms with van der Waals surface area (Å²) in [6.07, 6.45) is 0. The predicted molar refractivity (Wildman–Crippen MR) is 87.8 cm³/mol. The molecule has 0 saturated heterocycles. The third-order valence-electron chi connectivity index (χ3n) is 3.17. The monoisotopic (exact) mass is 331 g/mol. The third-order valence-corrected chi connectivity index (χ3v) is 4.03. The van der Waals surface area contributed by atoms with Crippen molar-refractivity contribution in [3.8, 4) is 0 Å². The van der Waals surface area contributed by atoms with E-state index < -0.39 is 11.9 Å². The van der Waals surface area contributed by atoms with Crippen LogP contribution in [0.5, 0.6) is 0 Å². The number of likely N-dealkylation sites (N-methyl/N-ethyl adjacent to an activating group) is 1. The molecule has 0 aliphatic heterocycles. The smallest absolute Gasteiger partial charge is 0.325 e. The number of carbonyl (C=O) groups is 3.